The third kappa shape index (κ3) is 1.98. The van der Waals surface area contributed by atoms with Gasteiger partial charge in [0.1, 0.15) is 11.7 Å². The highest BCUT2D eigenvalue weighted by atomic mass is 35.5. The van der Waals surface area contributed by atoms with E-state index in [2.05, 4.69) is 15.2 Å². The summed E-state index contributed by atoms with van der Waals surface area (Å²) in [6, 6.07) is -0.406. The van der Waals surface area contributed by atoms with Crippen molar-refractivity contribution in [1.29, 1.82) is 0 Å². The summed E-state index contributed by atoms with van der Waals surface area (Å²) in [7, 11) is 1.75. The lowest BCUT2D eigenvalue weighted by atomic mass is 10.1. The molecule has 1 aliphatic carbocycles. The zero-order valence-corrected chi connectivity index (χ0v) is 12.1. The molecule has 0 spiro atoms. The lowest BCUT2D eigenvalue weighted by Gasteiger charge is -2.08. The highest BCUT2D eigenvalue weighted by molar-refractivity contribution is 6.31. The molecule has 6 nitrogen and oxygen atoms in total. The number of hydrogen-bond acceptors (Lipinski definition) is 4. The number of carbonyl (C=O) groups is 1. The number of aryl methyl sites for hydroxylation is 1. The predicted octanol–water partition coefficient (Wildman–Crippen LogP) is 2.26. The second-order valence-electron chi connectivity index (χ2n) is 5.63. The summed E-state index contributed by atoms with van der Waals surface area (Å²) >= 11 is 6.13. The van der Waals surface area contributed by atoms with Gasteiger partial charge in [-0.05, 0) is 12.8 Å². The van der Waals surface area contributed by atoms with Crippen molar-refractivity contribution in [2.24, 2.45) is 13.0 Å². The van der Waals surface area contributed by atoms with Gasteiger partial charge in [0, 0.05) is 25.6 Å². The largest absolute Gasteiger partial charge is 0.290 e. The van der Waals surface area contributed by atoms with Crippen molar-refractivity contribution in [1.82, 2.24) is 24.5 Å². The molecule has 0 bridgehead atoms. The van der Waals surface area contributed by atoms with E-state index in [9.17, 15) is 9.18 Å². The van der Waals surface area contributed by atoms with Gasteiger partial charge < -0.3 is 0 Å². The molecule has 2 aromatic rings. The number of ketones is 1. The molecule has 1 aliphatic heterocycles. The number of fused-ring (bicyclic) bond motifs is 1. The topological polar surface area (TPSA) is 65.6 Å². The Balaban J connectivity index is 1.74. The standard InChI is InChI=1S/C13H13ClFN5O/c1-19-5-7(14)10(17-19)9-4-8(15)13-16-12(18-20(9)13)11(21)6-2-3-6/h5-6,8-9H,2-4H2,1H3. The fraction of sp³-hybridized carbons (Fsp3) is 0.538. The Hall–Kier alpha value is -1.76. The van der Waals surface area contributed by atoms with Crippen molar-refractivity contribution in [3.63, 3.8) is 0 Å². The van der Waals surface area contributed by atoms with E-state index >= 15 is 0 Å². The maximum atomic E-state index is 14.2. The molecule has 0 N–H and O–H groups in total. The number of halogens is 2. The van der Waals surface area contributed by atoms with Crippen LogP contribution in [0, 0.1) is 5.92 Å². The van der Waals surface area contributed by atoms with Crippen molar-refractivity contribution in [2.75, 3.05) is 0 Å². The first-order valence-corrected chi connectivity index (χ1v) is 7.26. The van der Waals surface area contributed by atoms with Gasteiger partial charge in [0.25, 0.3) is 0 Å². The average Bonchev–Trinajstić information content (AvgIpc) is 3.00. The molecule has 0 saturated heterocycles. The Morgan fingerprint density at radius 1 is 1.43 bits per heavy atom. The molecule has 3 heterocycles. The van der Waals surface area contributed by atoms with Gasteiger partial charge in [0.2, 0.25) is 11.6 Å². The van der Waals surface area contributed by atoms with Crippen LogP contribution in [0.15, 0.2) is 6.20 Å². The van der Waals surface area contributed by atoms with Gasteiger partial charge in [-0.15, -0.1) is 5.10 Å². The van der Waals surface area contributed by atoms with Crippen LogP contribution in [0.4, 0.5) is 4.39 Å². The number of Topliss-reactive ketones (excluding diaryl/α,β-unsaturated/α-hetero) is 1. The van der Waals surface area contributed by atoms with E-state index in [0.29, 0.717) is 10.7 Å². The molecule has 110 valence electrons. The van der Waals surface area contributed by atoms with Gasteiger partial charge in [0.05, 0.1) is 5.02 Å². The van der Waals surface area contributed by atoms with Crippen molar-refractivity contribution in [2.45, 2.75) is 31.5 Å². The molecule has 2 aromatic heterocycles. The average molecular weight is 310 g/mol. The van der Waals surface area contributed by atoms with Gasteiger partial charge in [-0.3, -0.25) is 9.48 Å². The molecule has 8 heteroatoms. The SMILES string of the molecule is Cn1cc(Cl)c(C2CC(F)c3nc(C(=O)C4CC4)nn32)n1. The summed E-state index contributed by atoms with van der Waals surface area (Å²) in [5.41, 5.74) is 0.566. The molecule has 1 saturated carbocycles. The number of alkyl halides is 1. The van der Waals surface area contributed by atoms with E-state index in [-0.39, 0.29) is 29.8 Å². The van der Waals surface area contributed by atoms with Gasteiger partial charge in [0.15, 0.2) is 12.0 Å². The number of hydrogen-bond donors (Lipinski definition) is 0. The first-order chi connectivity index (χ1) is 10.0. The zero-order valence-electron chi connectivity index (χ0n) is 11.3. The lowest BCUT2D eigenvalue weighted by molar-refractivity contribution is 0.0956. The minimum Gasteiger partial charge on any atom is -0.290 e. The van der Waals surface area contributed by atoms with Crippen LogP contribution < -0.4 is 0 Å². The van der Waals surface area contributed by atoms with Gasteiger partial charge in [-0.2, -0.15) is 5.10 Å². The van der Waals surface area contributed by atoms with E-state index in [1.54, 1.807) is 17.9 Å². The van der Waals surface area contributed by atoms with Crippen LogP contribution in [0.1, 0.15) is 53.6 Å². The molecule has 4 rings (SSSR count). The molecule has 2 unspecified atom stereocenters. The number of carbonyl (C=O) groups excluding carboxylic acids is 1. The minimum atomic E-state index is -1.25. The van der Waals surface area contributed by atoms with Crippen LogP contribution in [-0.4, -0.2) is 30.3 Å². The molecule has 0 aromatic carbocycles. The van der Waals surface area contributed by atoms with E-state index in [1.165, 1.54) is 4.68 Å². The van der Waals surface area contributed by atoms with E-state index in [4.69, 9.17) is 11.6 Å². The summed E-state index contributed by atoms with van der Waals surface area (Å²) in [5, 5.41) is 8.96. The Kier molecular flexibility index (Phi) is 2.69. The summed E-state index contributed by atoms with van der Waals surface area (Å²) in [5.74, 6) is 0.246. The first-order valence-electron chi connectivity index (χ1n) is 6.88. The molecule has 1 fully saturated rings. The summed E-state index contributed by atoms with van der Waals surface area (Å²) in [4.78, 5) is 16.1. The number of nitrogens with zero attached hydrogens (tertiary/aromatic N) is 5. The van der Waals surface area contributed by atoms with Crippen molar-refractivity contribution in [3.8, 4) is 0 Å². The molecule has 2 aliphatic rings. The molecular weight excluding hydrogens is 297 g/mol. The number of rotatable bonds is 3. The highest BCUT2D eigenvalue weighted by Crippen LogP contribution is 2.41. The summed E-state index contributed by atoms with van der Waals surface area (Å²) in [6.07, 6.45) is 2.36. The lowest BCUT2D eigenvalue weighted by Crippen LogP contribution is -2.11. The molecule has 0 radical (unpaired) electrons. The zero-order chi connectivity index (χ0) is 14.7. The van der Waals surface area contributed by atoms with Gasteiger partial charge in [-0.25, -0.2) is 14.1 Å². The quantitative estimate of drug-likeness (QED) is 0.816. The summed E-state index contributed by atoms with van der Waals surface area (Å²) in [6.45, 7) is 0. The van der Waals surface area contributed by atoms with Crippen LogP contribution in [0.3, 0.4) is 0 Å². The van der Waals surface area contributed by atoms with Crippen LogP contribution in [0.2, 0.25) is 5.02 Å². The fourth-order valence-electron chi connectivity index (χ4n) is 2.74. The van der Waals surface area contributed by atoms with Crippen LogP contribution in [0.5, 0.6) is 0 Å². The molecule has 0 amide bonds. The van der Waals surface area contributed by atoms with E-state index in [1.807, 2.05) is 0 Å². The number of aromatic nitrogens is 5. The maximum absolute atomic E-state index is 14.2. The molecule has 21 heavy (non-hydrogen) atoms. The monoisotopic (exact) mass is 309 g/mol. The van der Waals surface area contributed by atoms with E-state index < -0.39 is 12.2 Å². The summed E-state index contributed by atoms with van der Waals surface area (Å²) < 4.78 is 17.2. The third-order valence-electron chi connectivity index (χ3n) is 3.96. The van der Waals surface area contributed by atoms with Crippen LogP contribution in [0.25, 0.3) is 0 Å². The highest BCUT2D eigenvalue weighted by Gasteiger charge is 2.40. The Morgan fingerprint density at radius 2 is 2.19 bits per heavy atom. The normalized spacial score (nSPS) is 24.3. The van der Waals surface area contributed by atoms with Crippen molar-refractivity contribution < 1.29 is 9.18 Å². The van der Waals surface area contributed by atoms with E-state index in [0.717, 1.165) is 12.8 Å². The smallest absolute Gasteiger partial charge is 0.217 e. The first kappa shape index (κ1) is 12.9. The predicted molar refractivity (Wildman–Crippen MR) is 71.9 cm³/mol. The Morgan fingerprint density at radius 3 is 2.81 bits per heavy atom. The molecular formula is C13H13ClFN5O. The van der Waals surface area contributed by atoms with Gasteiger partial charge in [-0.1, -0.05) is 11.6 Å². The maximum Gasteiger partial charge on any atom is 0.217 e. The fourth-order valence-corrected chi connectivity index (χ4v) is 3.05. The van der Waals surface area contributed by atoms with Crippen molar-refractivity contribution >= 4 is 17.4 Å². The molecule has 2 atom stereocenters. The minimum absolute atomic E-state index is 0.0167. The van der Waals surface area contributed by atoms with Crippen LogP contribution in [-0.2, 0) is 7.05 Å². The Labute approximate surface area is 124 Å². The third-order valence-corrected chi connectivity index (χ3v) is 4.25. The second-order valence-corrected chi connectivity index (χ2v) is 6.04. The van der Waals surface area contributed by atoms with Crippen molar-refractivity contribution in [3.05, 3.63) is 28.6 Å². The Bertz CT molecular complexity index is 735. The van der Waals surface area contributed by atoms with Crippen LogP contribution >= 0.6 is 11.6 Å². The second kappa shape index (κ2) is 4.37. The van der Waals surface area contributed by atoms with Gasteiger partial charge >= 0.3 is 0 Å².